The molecule has 1 amide bonds. The van der Waals surface area contributed by atoms with Crippen LogP contribution in [0.3, 0.4) is 0 Å². The fourth-order valence-electron chi connectivity index (χ4n) is 2.25. The number of nitrogens with zero attached hydrogens (tertiary/aromatic N) is 4. The average molecular weight is 299 g/mol. The van der Waals surface area contributed by atoms with E-state index in [1.165, 1.54) is 11.3 Å². The average Bonchev–Trinajstić information content (AvgIpc) is 3.17. The number of pyridine rings is 1. The summed E-state index contributed by atoms with van der Waals surface area (Å²) in [5, 5.41) is 12.2. The molecular weight excluding hydrogens is 286 g/mol. The van der Waals surface area contributed by atoms with Gasteiger partial charge in [0.1, 0.15) is 0 Å². The van der Waals surface area contributed by atoms with Gasteiger partial charge in [-0.2, -0.15) is 5.26 Å². The maximum Gasteiger partial charge on any atom is 0.231 e. The highest BCUT2D eigenvalue weighted by molar-refractivity contribution is 7.19. The van der Waals surface area contributed by atoms with E-state index in [4.69, 9.17) is 5.26 Å². The fourth-order valence-corrected chi connectivity index (χ4v) is 3.08. The highest BCUT2D eigenvalue weighted by Gasteiger charge is 2.28. The molecule has 0 aliphatic carbocycles. The van der Waals surface area contributed by atoms with Crippen molar-refractivity contribution < 1.29 is 4.79 Å². The third kappa shape index (κ3) is 3.01. The van der Waals surface area contributed by atoms with E-state index < -0.39 is 0 Å². The van der Waals surface area contributed by atoms with Gasteiger partial charge in [0.25, 0.3) is 0 Å². The molecule has 1 N–H and O–H groups in total. The van der Waals surface area contributed by atoms with E-state index in [2.05, 4.69) is 21.5 Å². The first-order valence-corrected chi connectivity index (χ1v) is 7.39. The van der Waals surface area contributed by atoms with Gasteiger partial charge in [0.15, 0.2) is 11.3 Å². The Kier molecular flexibility index (Phi) is 3.79. The van der Waals surface area contributed by atoms with E-state index in [-0.39, 0.29) is 11.8 Å². The second-order valence-corrected chi connectivity index (χ2v) is 5.82. The van der Waals surface area contributed by atoms with Gasteiger partial charge < -0.3 is 10.2 Å². The fraction of sp³-hybridized carbons (Fsp3) is 0.286. The summed E-state index contributed by atoms with van der Waals surface area (Å²) in [7, 11) is 0. The zero-order valence-electron chi connectivity index (χ0n) is 11.2. The van der Waals surface area contributed by atoms with Gasteiger partial charge in [0.05, 0.1) is 10.8 Å². The minimum Gasteiger partial charge on any atom is -0.310 e. The van der Waals surface area contributed by atoms with Crippen molar-refractivity contribution in [1.29, 1.82) is 5.26 Å². The monoisotopic (exact) mass is 299 g/mol. The number of nitriles is 1. The lowest BCUT2D eigenvalue weighted by Gasteiger charge is -2.08. The van der Waals surface area contributed by atoms with E-state index in [1.54, 1.807) is 23.5 Å². The summed E-state index contributed by atoms with van der Waals surface area (Å²) < 4.78 is 0. The van der Waals surface area contributed by atoms with Crippen LogP contribution in [-0.2, 0) is 4.79 Å². The minimum atomic E-state index is -0.141. The molecule has 106 valence electrons. The molecule has 3 heterocycles. The second kappa shape index (κ2) is 5.89. The molecule has 1 aliphatic heterocycles. The predicted molar refractivity (Wildman–Crippen MR) is 79.3 cm³/mol. The smallest absolute Gasteiger partial charge is 0.231 e. The van der Waals surface area contributed by atoms with Crippen LogP contribution in [0.4, 0.5) is 5.13 Å². The van der Waals surface area contributed by atoms with Crippen LogP contribution in [0, 0.1) is 17.4 Å². The Morgan fingerprint density at radius 2 is 2.29 bits per heavy atom. The van der Waals surface area contributed by atoms with Crippen LogP contribution in [0.5, 0.6) is 0 Å². The number of nitrogens with one attached hydrogen (secondary N) is 1. The Balaban J connectivity index is 1.65. The maximum absolute atomic E-state index is 12.1. The molecule has 1 atom stereocenters. The number of anilines is 1. The quantitative estimate of drug-likeness (QED) is 0.876. The lowest BCUT2D eigenvalue weighted by molar-refractivity contribution is -0.119. The SMILES string of the molecule is N#CN1CC[C@H](C(=O)Nc2ncc(-c3ccncc3)s2)C1. The molecule has 0 aromatic carbocycles. The van der Waals surface area contributed by atoms with Gasteiger partial charge in [0.2, 0.25) is 5.91 Å². The number of thiazole rings is 1. The normalized spacial score (nSPS) is 17.5. The highest BCUT2D eigenvalue weighted by atomic mass is 32.1. The number of carbonyl (C=O) groups excluding carboxylic acids is 1. The Hall–Kier alpha value is -2.46. The zero-order chi connectivity index (χ0) is 14.7. The van der Waals surface area contributed by atoms with Crippen molar-refractivity contribution in [2.45, 2.75) is 6.42 Å². The molecule has 0 bridgehead atoms. The van der Waals surface area contributed by atoms with E-state index in [1.807, 2.05) is 12.1 Å². The van der Waals surface area contributed by atoms with Crippen LogP contribution in [0.15, 0.2) is 30.7 Å². The second-order valence-electron chi connectivity index (χ2n) is 4.79. The molecule has 0 radical (unpaired) electrons. The third-order valence-electron chi connectivity index (χ3n) is 3.40. The summed E-state index contributed by atoms with van der Waals surface area (Å²) in [6, 6.07) is 3.81. The van der Waals surface area contributed by atoms with Crippen LogP contribution in [0.2, 0.25) is 0 Å². The molecule has 1 aliphatic rings. The maximum atomic E-state index is 12.1. The summed E-state index contributed by atoms with van der Waals surface area (Å²) in [6.07, 6.45) is 7.97. The van der Waals surface area contributed by atoms with Crippen molar-refractivity contribution in [2.24, 2.45) is 5.92 Å². The lowest BCUT2D eigenvalue weighted by atomic mass is 10.1. The standard InChI is InChI=1S/C14H13N5OS/c15-9-19-6-3-11(8-19)13(20)18-14-17-7-12(21-14)10-1-4-16-5-2-10/h1-2,4-5,7,11H,3,6,8H2,(H,17,18,20)/t11-/m0/s1. The molecule has 1 saturated heterocycles. The van der Waals surface area contributed by atoms with Gasteiger partial charge in [0, 0.05) is 31.7 Å². The van der Waals surface area contributed by atoms with E-state index in [9.17, 15) is 4.79 Å². The van der Waals surface area contributed by atoms with Gasteiger partial charge in [-0.25, -0.2) is 4.98 Å². The van der Waals surface area contributed by atoms with Crippen molar-refractivity contribution in [3.8, 4) is 16.6 Å². The summed E-state index contributed by atoms with van der Waals surface area (Å²) in [5.74, 6) is -0.207. The number of rotatable bonds is 3. The summed E-state index contributed by atoms with van der Waals surface area (Å²) in [5.41, 5.74) is 1.03. The molecule has 0 saturated carbocycles. The molecule has 7 heteroatoms. The van der Waals surface area contributed by atoms with E-state index >= 15 is 0 Å². The predicted octanol–water partition coefficient (Wildman–Crippen LogP) is 1.95. The molecule has 2 aromatic rings. The zero-order valence-corrected chi connectivity index (χ0v) is 12.0. The number of aromatic nitrogens is 2. The van der Waals surface area contributed by atoms with Crippen LogP contribution in [0.25, 0.3) is 10.4 Å². The molecule has 2 aromatic heterocycles. The van der Waals surface area contributed by atoms with Crippen molar-refractivity contribution in [3.05, 3.63) is 30.7 Å². The molecule has 6 nitrogen and oxygen atoms in total. The first kappa shape index (κ1) is 13.5. The van der Waals surface area contributed by atoms with E-state index in [0.29, 0.717) is 24.6 Å². The Morgan fingerprint density at radius 3 is 3.00 bits per heavy atom. The Labute approximate surface area is 126 Å². The van der Waals surface area contributed by atoms with Crippen LogP contribution < -0.4 is 5.32 Å². The van der Waals surface area contributed by atoms with Crippen LogP contribution >= 0.6 is 11.3 Å². The van der Waals surface area contributed by atoms with Gasteiger partial charge in [-0.1, -0.05) is 11.3 Å². The van der Waals surface area contributed by atoms with Crippen molar-refractivity contribution >= 4 is 22.4 Å². The molecule has 0 spiro atoms. The van der Waals surface area contributed by atoms with E-state index in [0.717, 1.165) is 10.4 Å². The molecule has 1 fully saturated rings. The van der Waals surface area contributed by atoms with Gasteiger partial charge in [-0.3, -0.25) is 9.78 Å². The number of hydrogen-bond donors (Lipinski definition) is 1. The van der Waals surface area contributed by atoms with Gasteiger partial charge >= 0.3 is 0 Å². The van der Waals surface area contributed by atoms with Crippen molar-refractivity contribution in [3.63, 3.8) is 0 Å². The number of likely N-dealkylation sites (tertiary alicyclic amines) is 1. The highest BCUT2D eigenvalue weighted by Crippen LogP contribution is 2.29. The number of amides is 1. The first-order chi connectivity index (χ1) is 10.3. The van der Waals surface area contributed by atoms with Crippen molar-refractivity contribution in [1.82, 2.24) is 14.9 Å². The Morgan fingerprint density at radius 1 is 1.48 bits per heavy atom. The van der Waals surface area contributed by atoms with Crippen LogP contribution in [0.1, 0.15) is 6.42 Å². The third-order valence-corrected chi connectivity index (χ3v) is 4.36. The van der Waals surface area contributed by atoms with Gasteiger partial charge in [-0.15, -0.1) is 0 Å². The van der Waals surface area contributed by atoms with Crippen LogP contribution in [-0.4, -0.2) is 33.9 Å². The molecule has 21 heavy (non-hydrogen) atoms. The number of carbonyl (C=O) groups is 1. The molecule has 3 rings (SSSR count). The molecule has 0 unspecified atom stereocenters. The largest absolute Gasteiger partial charge is 0.310 e. The minimum absolute atomic E-state index is 0.0663. The summed E-state index contributed by atoms with van der Waals surface area (Å²) in [6.45, 7) is 1.14. The van der Waals surface area contributed by atoms with Crippen molar-refractivity contribution in [2.75, 3.05) is 18.4 Å². The lowest BCUT2D eigenvalue weighted by Crippen LogP contribution is -2.25. The Bertz CT molecular complexity index is 678. The summed E-state index contributed by atoms with van der Waals surface area (Å²) >= 11 is 1.43. The molecular formula is C14H13N5OS. The number of hydrogen-bond acceptors (Lipinski definition) is 6. The first-order valence-electron chi connectivity index (χ1n) is 6.58. The summed E-state index contributed by atoms with van der Waals surface area (Å²) in [4.78, 5) is 22.9. The topological polar surface area (TPSA) is 81.9 Å². The van der Waals surface area contributed by atoms with Gasteiger partial charge in [-0.05, 0) is 24.1 Å².